The zero-order valence-corrected chi connectivity index (χ0v) is 12.9. The third kappa shape index (κ3) is 4.75. The number of amides is 2. The van der Waals surface area contributed by atoms with Gasteiger partial charge >= 0.3 is 0 Å². The molecule has 116 valence electrons. The summed E-state index contributed by atoms with van der Waals surface area (Å²) in [5, 5.41) is 21.3. The highest BCUT2D eigenvalue weighted by Crippen LogP contribution is 2.16. The summed E-state index contributed by atoms with van der Waals surface area (Å²) in [6.07, 6.45) is 2.16. The molecular weight excluding hydrogens is 292 g/mol. The summed E-state index contributed by atoms with van der Waals surface area (Å²) in [5.41, 5.74) is 0. The van der Waals surface area contributed by atoms with Gasteiger partial charge in [-0.25, -0.2) is 0 Å². The van der Waals surface area contributed by atoms with E-state index in [-0.39, 0.29) is 24.7 Å². The van der Waals surface area contributed by atoms with Gasteiger partial charge in [-0.3, -0.25) is 9.59 Å². The number of aliphatic hydroxyl groups is 1. The van der Waals surface area contributed by atoms with Crippen LogP contribution in [0.4, 0.5) is 5.13 Å². The molecule has 8 heteroatoms. The Bertz CT molecular complexity index is 505. The molecule has 2 amide bonds. The molecule has 1 aliphatic rings. The lowest BCUT2D eigenvalue weighted by Crippen LogP contribution is -2.42. The summed E-state index contributed by atoms with van der Waals surface area (Å²) in [6, 6.07) is 0. The fourth-order valence-electron chi connectivity index (χ4n) is 2.19. The number of aryl methyl sites for hydroxylation is 1. The molecule has 1 atom stereocenters. The Hall–Kier alpha value is -1.54. The Balaban J connectivity index is 1.74. The van der Waals surface area contributed by atoms with Crippen molar-refractivity contribution in [3.05, 3.63) is 5.01 Å². The zero-order chi connectivity index (χ0) is 15.2. The number of rotatable bonds is 5. The first-order valence-electron chi connectivity index (χ1n) is 7.16. The van der Waals surface area contributed by atoms with Gasteiger partial charge in [0.05, 0.1) is 6.10 Å². The fourth-order valence-corrected chi connectivity index (χ4v) is 2.88. The lowest BCUT2D eigenvalue weighted by atomic mass is 10.1. The summed E-state index contributed by atoms with van der Waals surface area (Å²) in [5.74, 6) is -0.324. The largest absolute Gasteiger partial charge is 0.391 e. The van der Waals surface area contributed by atoms with E-state index in [0.717, 1.165) is 24.3 Å². The van der Waals surface area contributed by atoms with Gasteiger partial charge < -0.3 is 15.3 Å². The molecule has 0 radical (unpaired) electrons. The molecule has 2 N–H and O–H groups in total. The minimum Gasteiger partial charge on any atom is -0.391 e. The number of nitrogens with one attached hydrogen (secondary N) is 1. The van der Waals surface area contributed by atoms with Crippen LogP contribution in [0.1, 0.15) is 37.6 Å². The first-order valence-corrected chi connectivity index (χ1v) is 7.98. The smallest absolute Gasteiger partial charge is 0.226 e. The van der Waals surface area contributed by atoms with Crippen molar-refractivity contribution < 1.29 is 14.7 Å². The number of hydrogen-bond acceptors (Lipinski definition) is 6. The highest BCUT2D eigenvalue weighted by atomic mass is 32.1. The summed E-state index contributed by atoms with van der Waals surface area (Å²) in [7, 11) is 0. The Morgan fingerprint density at radius 3 is 2.90 bits per heavy atom. The lowest BCUT2D eigenvalue weighted by Gasteiger charge is -2.30. The van der Waals surface area contributed by atoms with Crippen molar-refractivity contribution in [2.45, 2.75) is 45.1 Å². The molecule has 1 saturated heterocycles. The summed E-state index contributed by atoms with van der Waals surface area (Å²) < 4.78 is 0. The Morgan fingerprint density at radius 2 is 2.24 bits per heavy atom. The van der Waals surface area contributed by atoms with E-state index in [2.05, 4.69) is 15.5 Å². The summed E-state index contributed by atoms with van der Waals surface area (Å²) >= 11 is 1.34. The molecule has 1 aromatic rings. The predicted molar refractivity (Wildman–Crippen MR) is 79.0 cm³/mol. The van der Waals surface area contributed by atoms with E-state index in [1.54, 1.807) is 4.90 Å². The van der Waals surface area contributed by atoms with Crippen LogP contribution in [-0.4, -0.2) is 51.2 Å². The molecule has 2 rings (SSSR count). The van der Waals surface area contributed by atoms with Crippen molar-refractivity contribution in [2.75, 3.05) is 18.4 Å². The van der Waals surface area contributed by atoms with Gasteiger partial charge in [0.1, 0.15) is 5.01 Å². The number of piperidine rings is 1. The molecule has 21 heavy (non-hydrogen) atoms. The van der Waals surface area contributed by atoms with E-state index < -0.39 is 6.10 Å². The van der Waals surface area contributed by atoms with Crippen LogP contribution >= 0.6 is 11.3 Å². The molecule has 0 unspecified atom stereocenters. The van der Waals surface area contributed by atoms with E-state index in [4.69, 9.17) is 0 Å². The second kappa shape index (κ2) is 7.46. The van der Waals surface area contributed by atoms with E-state index in [0.29, 0.717) is 18.2 Å². The van der Waals surface area contributed by atoms with Crippen molar-refractivity contribution in [1.29, 1.82) is 0 Å². The topological polar surface area (TPSA) is 95.4 Å². The molecule has 0 saturated carbocycles. The Kier molecular flexibility index (Phi) is 5.63. The van der Waals surface area contributed by atoms with Crippen LogP contribution in [0, 0.1) is 0 Å². The normalized spacial score (nSPS) is 18.6. The maximum atomic E-state index is 12.0. The molecule has 2 heterocycles. The second-order valence-electron chi connectivity index (χ2n) is 5.04. The van der Waals surface area contributed by atoms with Crippen LogP contribution < -0.4 is 5.32 Å². The summed E-state index contributed by atoms with van der Waals surface area (Å²) in [4.78, 5) is 25.4. The van der Waals surface area contributed by atoms with Gasteiger partial charge in [0.25, 0.3) is 0 Å². The Morgan fingerprint density at radius 1 is 1.43 bits per heavy atom. The van der Waals surface area contributed by atoms with E-state index in [1.807, 2.05) is 6.92 Å². The average Bonchev–Trinajstić information content (AvgIpc) is 2.92. The van der Waals surface area contributed by atoms with Gasteiger partial charge in [-0.15, -0.1) is 10.2 Å². The van der Waals surface area contributed by atoms with E-state index in [9.17, 15) is 14.7 Å². The number of aromatic nitrogens is 2. The highest BCUT2D eigenvalue weighted by molar-refractivity contribution is 7.15. The number of carbonyl (C=O) groups excluding carboxylic acids is 2. The van der Waals surface area contributed by atoms with Crippen LogP contribution in [0.25, 0.3) is 0 Å². The van der Waals surface area contributed by atoms with Gasteiger partial charge in [0.2, 0.25) is 16.9 Å². The quantitative estimate of drug-likeness (QED) is 0.838. The number of likely N-dealkylation sites (tertiary alicyclic amines) is 1. The summed E-state index contributed by atoms with van der Waals surface area (Å²) in [6.45, 7) is 3.00. The Labute approximate surface area is 127 Å². The van der Waals surface area contributed by atoms with Crippen LogP contribution in [0.2, 0.25) is 0 Å². The molecule has 1 fully saturated rings. The minimum absolute atomic E-state index is 0.0876. The monoisotopic (exact) mass is 312 g/mol. The van der Waals surface area contributed by atoms with Crippen molar-refractivity contribution in [1.82, 2.24) is 15.1 Å². The standard InChI is InChI=1S/C13H20N4O3S/c1-2-11-15-16-13(21-11)14-10(19)5-6-12(20)17-7-3-4-9(18)8-17/h9,18H,2-8H2,1H3,(H,14,16,19)/t9-/m0/s1. The number of hydrogen-bond donors (Lipinski definition) is 2. The van der Waals surface area contributed by atoms with Gasteiger partial charge in [-0.05, 0) is 19.3 Å². The van der Waals surface area contributed by atoms with E-state index in [1.165, 1.54) is 11.3 Å². The number of anilines is 1. The van der Waals surface area contributed by atoms with E-state index >= 15 is 0 Å². The predicted octanol–water partition coefficient (Wildman–Crippen LogP) is 0.802. The SMILES string of the molecule is CCc1nnc(NC(=O)CCC(=O)N2CCC[C@H](O)C2)s1. The maximum absolute atomic E-state index is 12.0. The molecule has 0 aliphatic carbocycles. The number of aliphatic hydroxyl groups excluding tert-OH is 1. The molecule has 0 spiro atoms. The van der Waals surface area contributed by atoms with Gasteiger partial charge in [-0.1, -0.05) is 18.3 Å². The van der Waals surface area contributed by atoms with Crippen molar-refractivity contribution in [3.63, 3.8) is 0 Å². The lowest BCUT2D eigenvalue weighted by molar-refractivity contribution is -0.135. The minimum atomic E-state index is -0.439. The second-order valence-corrected chi connectivity index (χ2v) is 6.10. The van der Waals surface area contributed by atoms with Gasteiger partial charge in [0.15, 0.2) is 0 Å². The molecule has 1 aromatic heterocycles. The number of β-amino-alcohol motifs (C(OH)–C–C–N with tert-alkyl or cyclic N) is 1. The van der Waals surface area contributed by atoms with Gasteiger partial charge in [-0.2, -0.15) is 0 Å². The van der Waals surface area contributed by atoms with Crippen molar-refractivity contribution in [3.8, 4) is 0 Å². The molecule has 1 aliphatic heterocycles. The van der Waals surface area contributed by atoms with Crippen LogP contribution in [0.3, 0.4) is 0 Å². The van der Waals surface area contributed by atoms with Crippen LogP contribution in [-0.2, 0) is 16.0 Å². The third-order valence-electron chi connectivity index (χ3n) is 3.33. The molecule has 7 nitrogen and oxygen atoms in total. The number of nitrogens with zero attached hydrogens (tertiary/aromatic N) is 3. The average molecular weight is 312 g/mol. The van der Waals surface area contributed by atoms with Crippen molar-refractivity contribution >= 4 is 28.3 Å². The van der Waals surface area contributed by atoms with Crippen molar-refractivity contribution in [2.24, 2.45) is 0 Å². The molecule has 0 bridgehead atoms. The third-order valence-corrected chi connectivity index (χ3v) is 4.31. The first kappa shape index (κ1) is 15.8. The highest BCUT2D eigenvalue weighted by Gasteiger charge is 2.22. The molecule has 0 aromatic carbocycles. The maximum Gasteiger partial charge on any atom is 0.226 e. The molecular formula is C13H20N4O3S. The van der Waals surface area contributed by atoms with Gasteiger partial charge in [0, 0.05) is 25.9 Å². The van der Waals surface area contributed by atoms with Crippen LogP contribution in [0.5, 0.6) is 0 Å². The zero-order valence-electron chi connectivity index (χ0n) is 12.0. The fraction of sp³-hybridized carbons (Fsp3) is 0.692. The number of carbonyl (C=O) groups is 2. The van der Waals surface area contributed by atoms with Crippen LogP contribution in [0.15, 0.2) is 0 Å². The first-order chi connectivity index (χ1) is 10.1.